The van der Waals surface area contributed by atoms with Gasteiger partial charge in [-0.2, -0.15) is 0 Å². The van der Waals surface area contributed by atoms with Gasteiger partial charge in [-0.15, -0.1) is 0 Å². The van der Waals surface area contributed by atoms with Gasteiger partial charge in [0.1, 0.15) is 0 Å². The van der Waals surface area contributed by atoms with E-state index in [2.05, 4.69) is 5.32 Å². The Balaban J connectivity index is 3.42. The van der Waals surface area contributed by atoms with E-state index < -0.39 is 5.85 Å². The fourth-order valence-electron chi connectivity index (χ4n) is 0.655. The van der Waals surface area contributed by atoms with Crippen molar-refractivity contribution in [2.45, 2.75) is 19.7 Å². The van der Waals surface area contributed by atoms with Gasteiger partial charge in [-0.05, 0) is 13.8 Å². The van der Waals surface area contributed by atoms with E-state index in [1.54, 1.807) is 6.92 Å². The average Bonchev–Trinajstić information content (AvgIpc) is 1.84. The summed E-state index contributed by atoms with van der Waals surface area (Å²) in [5.41, 5.74) is 5.57. The van der Waals surface area contributed by atoms with Crippen molar-refractivity contribution in [1.82, 2.24) is 5.32 Å². The maximum atomic E-state index is 8.42. The van der Waals surface area contributed by atoms with Crippen molar-refractivity contribution in [2.75, 3.05) is 19.8 Å². The van der Waals surface area contributed by atoms with Gasteiger partial charge in [0.15, 0.2) is 5.85 Å². The Kier molecular flexibility index (Phi) is 4.55. The lowest BCUT2D eigenvalue weighted by Gasteiger charge is -2.25. The highest BCUT2D eigenvalue weighted by Gasteiger charge is 2.15. The van der Waals surface area contributed by atoms with Gasteiger partial charge >= 0.3 is 0 Å². The second-order valence-electron chi connectivity index (χ2n) is 2.19. The lowest BCUT2D eigenvalue weighted by Crippen LogP contribution is -2.53. The van der Waals surface area contributed by atoms with E-state index in [0.29, 0.717) is 13.2 Å². The molecule has 0 spiro atoms. The molecule has 0 saturated carbocycles. The van der Waals surface area contributed by atoms with Crippen LogP contribution < -0.4 is 11.1 Å². The van der Waals surface area contributed by atoms with E-state index in [0.717, 1.165) is 0 Å². The Morgan fingerprint density at radius 1 is 1.70 bits per heavy atom. The average molecular weight is 148 g/mol. The van der Waals surface area contributed by atoms with Gasteiger partial charge in [-0.1, -0.05) is 0 Å². The molecule has 10 heavy (non-hydrogen) atoms. The van der Waals surface area contributed by atoms with Crippen molar-refractivity contribution >= 4 is 0 Å². The van der Waals surface area contributed by atoms with Gasteiger partial charge in [0.25, 0.3) is 0 Å². The molecule has 0 aliphatic rings. The Morgan fingerprint density at radius 2 is 2.30 bits per heavy atom. The minimum Gasteiger partial charge on any atom is -0.395 e. The quantitative estimate of drug-likeness (QED) is 0.448. The molecule has 0 saturated heterocycles. The predicted molar refractivity (Wildman–Crippen MR) is 39.3 cm³/mol. The Morgan fingerprint density at radius 3 is 2.70 bits per heavy atom. The molecule has 0 aromatic heterocycles. The zero-order valence-electron chi connectivity index (χ0n) is 6.55. The fraction of sp³-hybridized carbons (Fsp3) is 1.00. The first-order valence-corrected chi connectivity index (χ1v) is 3.41. The summed E-state index contributed by atoms with van der Waals surface area (Å²) in [7, 11) is 0. The molecule has 0 aromatic rings. The van der Waals surface area contributed by atoms with Crippen LogP contribution in [0.25, 0.3) is 0 Å². The molecular weight excluding hydrogens is 132 g/mol. The van der Waals surface area contributed by atoms with Crippen LogP contribution in [0, 0.1) is 0 Å². The van der Waals surface area contributed by atoms with Crippen LogP contribution in [0.15, 0.2) is 0 Å². The van der Waals surface area contributed by atoms with E-state index in [9.17, 15) is 0 Å². The van der Waals surface area contributed by atoms with Gasteiger partial charge in [0, 0.05) is 13.2 Å². The van der Waals surface area contributed by atoms with Crippen LogP contribution in [0.5, 0.6) is 0 Å². The maximum absolute atomic E-state index is 8.42. The van der Waals surface area contributed by atoms with Crippen LogP contribution >= 0.6 is 0 Å². The second kappa shape index (κ2) is 4.62. The minimum atomic E-state index is -0.808. The SMILES string of the molecule is CCOC(C)(N)NCCO. The first-order chi connectivity index (χ1) is 4.62. The topological polar surface area (TPSA) is 67.5 Å². The lowest BCUT2D eigenvalue weighted by molar-refractivity contribution is -0.0480. The molecule has 4 nitrogen and oxygen atoms in total. The molecule has 0 radical (unpaired) electrons. The normalized spacial score (nSPS) is 16.8. The highest BCUT2D eigenvalue weighted by molar-refractivity contribution is 4.61. The number of hydrogen-bond donors (Lipinski definition) is 3. The molecule has 0 aliphatic heterocycles. The van der Waals surface area contributed by atoms with E-state index in [-0.39, 0.29) is 6.61 Å². The van der Waals surface area contributed by atoms with Crippen molar-refractivity contribution in [3.8, 4) is 0 Å². The summed E-state index contributed by atoms with van der Waals surface area (Å²) in [5.74, 6) is -0.808. The summed E-state index contributed by atoms with van der Waals surface area (Å²) in [6.45, 7) is 4.66. The summed E-state index contributed by atoms with van der Waals surface area (Å²) in [4.78, 5) is 0. The molecule has 0 heterocycles. The number of nitrogens with one attached hydrogen (secondary N) is 1. The first kappa shape index (κ1) is 9.84. The molecule has 1 unspecified atom stereocenters. The number of rotatable bonds is 5. The molecular formula is C6H16N2O2. The van der Waals surface area contributed by atoms with E-state index in [4.69, 9.17) is 15.6 Å². The second-order valence-corrected chi connectivity index (χ2v) is 2.19. The summed E-state index contributed by atoms with van der Waals surface area (Å²) >= 11 is 0. The molecule has 4 heteroatoms. The van der Waals surface area contributed by atoms with E-state index in [1.807, 2.05) is 6.92 Å². The Hall–Kier alpha value is -0.160. The standard InChI is InChI=1S/C6H16N2O2/c1-3-10-6(2,7)8-4-5-9/h8-9H,3-5,7H2,1-2H3. The first-order valence-electron chi connectivity index (χ1n) is 3.41. The van der Waals surface area contributed by atoms with Crippen molar-refractivity contribution in [3.05, 3.63) is 0 Å². The third kappa shape index (κ3) is 4.69. The Bertz CT molecular complexity index is 85.8. The number of ether oxygens (including phenoxy) is 1. The van der Waals surface area contributed by atoms with Crippen LogP contribution in [0.3, 0.4) is 0 Å². The van der Waals surface area contributed by atoms with Crippen LogP contribution in [-0.2, 0) is 4.74 Å². The number of aliphatic hydroxyl groups excluding tert-OH is 1. The summed E-state index contributed by atoms with van der Waals surface area (Å²) < 4.78 is 5.09. The number of nitrogens with two attached hydrogens (primary N) is 1. The molecule has 0 aromatic carbocycles. The maximum Gasteiger partial charge on any atom is 0.169 e. The molecule has 0 amide bonds. The number of hydrogen-bond acceptors (Lipinski definition) is 4. The van der Waals surface area contributed by atoms with Crippen molar-refractivity contribution in [3.63, 3.8) is 0 Å². The van der Waals surface area contributed by atoms with Gasteiger partial charge in [-0.25, -0.2) is 0 Å². The lowest BCUT2D eigenvalue weighted by atomic mass is 10.4. The van der Waals surface area contributed by atoms with E-state index in [1.165, 1.54) is 0 Å². The smallest absolute Gasteiger partial charge is 0.169 e. The highest BCUT2D eigenvalue weighted by atomic mass is 16.5. The van der Waals surface area contributed by atoms with Crippen LogP contribution in [-0.4, -0.2) is 30.7 Å². The molecule has 62 valence electrons. The summed E-state index contributed by atoms with van der Waals surface area (Å²) in [5, 5.41) is 11.2. The zero-order valence-corrected chi connectivity index (χ0v) is 6.55. The molecule has 0 fully saturated rings. The van der Waals surface area contributed by atoms with Gasteiger partial charge in [0.2, 0.25) is 0 Å². The molecule has 0 rings (SSSR count). The largest absolute Gasteiger partial charge is 0.395 e. The monoisotopic (exact) mass is 148 g/mol. The zero-order chi connectivity index (χ0) is 8.04. The Labute approximate surface area is 61.4 Å². The van der Waals surface area contributed by atoms with Crippen molar-refractivity contribution in [1.29, 1.82) is 0 Å². The third-order valence-corrected chi connectivity index (χ3v) is 1.03. The van der Waals surface area contributed by atoms with Crippen LogP contribution in [0.1, 0.15) is 13.8 Å². The number of aliphatic hydroxyl groups is 1. The summed E-state index contributed by atoms with van der Waals surface area (Å²) in [6.07, 6.45) is 0. The van der Waals surface area contributed by atoms with E-state index >= 15 is 0 Å². The fourth-order valence-corrected chi connectivity index (χ4v) is 0.655. The van der Waals surface area contributed by atoms with Gasteiger partial charge in [0.05, 0.1) is 6.61 Å². The van der Waals surface area contributed by atoms with Crippen molar-refractivity contribution in [2.24, 2.45) is 5.73 Å². The van der Waals surface area contributed by atoms with Crippen LogP contribution in [0.4, 0.5) is 0 Å². The summed E-state index contributed by atoms with van der Waals surface area (Å²) in [6, 6.07) is 0. The predicted octanol–water partition coefficient (Wildman–Crippen LogP) is -0.763. The molecule has 1 atom stereocenters. The highest BCUT2D eigenvalue weighted by Crippen LogP contribution is 1.93. The molecule has 0 bridgehead atoms. The van der Waals surface area contributed by atoms with Crippen LogP contribution in [0.2, 0.25) is 0 Å². The molecule has 0 aliphatic carbocycles. The van der Waals surface area contributed by atoms with Gasteiger partial charge < -0.3 is 9.84 Å². The van der Waals surface area contributed by atoms with Gasteiger partial charge in [-0.3, -0.25) is 11.1 Å². The molecule has 4 N–H and O–H groups in total. The third-order valence-electron chi connectivity index (χ3n) is 1.03. The minimum absolute atomic E-state index is 0.0693. The van der Waals surface area contributed by atoms with Crippen molar-refractivity contribution < 1.29 is 9.84 Å².